The molecule has 0 spiro atoms. The van der Waals surface area contributed by atoms with Gasteiger partial charge in [-0.25, -0.2) is 9.59 Å². The number of nitrogens with one attached hydrogen (secondary N) is 1. The standard InChI is InChI=1S/C14H16BrClN2O3/c1-2-14(12(19)20)7-4-8-18(14)13(21)17-10-6-3-5-9(16)11(10)15/h3,5-6H,2,4,7-8H2,1H3,(H,17,21)(H,19,20). The molecule has 5 nitrogen and oxygen atoms in total. The van der Waals surface area contributed by atoms with Crippen LogP contribution in [0.1, 0.15) is 26.2 Å². The van der Waals surface area contributed by atoms with Gasteiger partial charge in [0, 0.05) is 6.54 Å². The SMILES string of the molecule is CCC1(C(=O)O)CCCN1C(=O)Nc1cccc(Cl)c1Br. The van der Waals surface area contributed by atoms with Gasteiger partial charge in [0.2, 0.25) is 0 Å². The van der Waals surface area contributed by atoms with E-state index in [1.54, 1.807) is 25.1 Å². The summed E-state index contributed by atoms with van der Waals surface area (Å²) in [6.45, 7) is 2.22. The molecule has 7 heteroatoms. The number of carboxylic acids is 1. The Morgan fingerprint density at radius 2 is 2.24 bits per heavy atom. The van der Waals surface area contributed by atoms with E-state index in [-0.39, 0.29) is 0 Å². The van der Waals surface area contributed by atoms with Crippen LogP contribution in [-0.2, 0) is 4.79 Å². The molecular weight excluding hydrogens is 360 g/mol. The van der Waals surface area contributed by atoms with Crippen molar-refractivity contribution in [2.75, 3.05) is 11.9 Å². The number of aliphatic carboxylic acids is 1. The maximum atomic E-state index is 12.4. The molecule has 2 N–H and O–H groups in total. The first-order chi connectivity index (χ1) is 9.92. The van der Waals surface area contributed by atoms with Crippen molar-refractivity contribution in [3.8, 4) is 0 Å². The maximum absolute atomic E-state index is 12.4. The van der Waals surface area contributed by atoms with Crippen LogP contribution in [-0.4, -0.2) is 34.1 Å². The van der Waals surface area contributed by atoms with E-state index in [9.17, 15) is 14.7 Å². The Bertz CT molecular complexity index is 581. The molecule has 0 saturated carbocycles. The number of hydrogen-bond acceptors (Lipinski definition) is 2. The fourth-order valence-corrected chi connectivity index (χ4v) is 3.24. The third-order valence-corrected chi connectivity index (χ3v) is 5.31. The van der Waals surface area contributed by atoms with E-state index in [0.717, 1.165) is 0 Å². The number of carboxylic acid groups (broad SMARTS) is 1. The second kappa shape index (κ2) is 6.23. The predicted octanol–water partition coefficient (Wildman–Crippen LogP) is 3.96. The van der Waals surface area contributed by atoms with E-state index in [1.807, 2.05) is 0 Å². The van der Waals surface area contributed by atoms with Gasteiger partial charge >= 0.3 is 12.0 Å². The van der Waals surface area contributed by atoms with Crippen molar-refractivity contribution in [2.24, 2.45) is 0 Å². The number of nitrogens with zero attached hydrogens (tertiary/aromatic N) is 1. The topological polar surface area (TPSA) is 69.6 Å². The van der Waals surface area contributed by atoms with E-state index in [0.29, 0.717) is 41.0 Å². The van der Waals surface area contributed by atoms with E-state index in [1.165, 1.54) is 4.90 Å². The molecule has 2 amide bonds. The van der Waals surface area contributed by atoms with Crippen LogP contribution in [0, 0.1) is 0 Å². The number of carbonyl (C=O) groups excluding carboxylic acids is 1. The molecule has 1 fully saturated rings. The minimum absolute atomic E-state index is 0.381. The largest absolute Gasteiger partial charge is 0.479 e. The van der Waals surface area contributed by atoms with Crippen molar-refractivity contribution in [3.05, 3.63) is 27.7 Å². The molecule has 1 aliphatic heterocycles. The van der Waals surface area contributed by atoms with E-state index >= 15 is 0 Å². The van der Waals surface area contributed by atoms with Gasteiger partial charge in [0.25, 0.3) is 0 Å². The Labute approximate surface area is 136 Å². The first kappa shape index (κ1) is 16.1. The summed E-state index contributed by atoms with van der Waals surface area (Å²) >= 11 is 9.30. The molecule has 1 aliphatic rings. The van der Waals surface area contributed by atoms with Gasteiger partial charge in [-0.2, -0.15) is 0 Å². The van der Waals surface area contributed by atoms with Gasteiger partial charge < -0.3 is 15.3 Å². The number of amides is 2. The minimum atomic E-state index is -1.12. The lowest BCUT2D eigenvalue weighted by Gasteiger charge is -2.33. The van der Waals surface area contributed by atoms with Crippen molar-refractivity contribution in [1.29, 1.82) is 0 Å². The monoisotopic (exact) mass is 374 g/mol. The first-order valence-electron chi connectivity index (χ1n) is 6.68. The van der Waals surface area contributed by atoms with E-state index in [2.05, 4.69) is 21.2 Å². The third kappa shape index (κ3) is 2.87. The molecule has 1 saturated heterocycles. The first-order valence-corrected chi connectivity index (χ1v) is 7.85. The molecule has 1 heterocycles. The van der Waals surface area contributed by atoms with Crippen molar-refractivity contribution >= 4 is 45.2 Å². The van der Waals surface area contributed by atoms with Gasteiger partial charge in [-0.1, -0.05) is 24.6 Å². The van der Waals surface area contributed by atoms with Gasteiger partial charge in [0.05, 0.1) is 15.2 Å². The Morgan fingerprint density at radius 3 is 2.86 bits per heavy atom. The number of halogens is 2. The van der Waals surface area contributed by atoms with E-state index < -0.39 is 17.5 Å². The maximum Gasteiger partial charge on any atom is 0.329 e. The van der Waals surface area contributed by atoms with Crippen LogP contribution in [0.25, 0.3) is 0 Å². The fourth-order valence-electron chi connectivity index (χ4n) is 2.70. The summed E-state index contributed by atoms with van der Waals surface area (Å²) in [7, 11) is 0. The van der Waals surface area contributed by atoms with Crippen LogP contribution < -0.4 is 5.32 Å². The van der Waals surface area contributed by atoms with Crippen LogP contribution in [0.3, 0.4) is 0 Å². The molecule has 0 aliphatic carbocycles. The lowest BCUT2D eigenvalue weighted by Crippen LogP contribution is -2.54. The zero-order valence-corrected chi connectivity index (χ0v) is 13.9. The molecule has 1 aromatic carbocycles. The summed E-state index contributed by atoms with van der Waals surface area (Å²) in [5, 5.41) is 12.7. The second-order valence-electron chi connectivity index (χ2n) is 4.98. The molecule has 0 bridgehead atoms. The smallest absolute Gasteiger partial charge is 0.329 e. The Hall–Kier alpha value is -1.27. The zero-order chi connectivity index (χ0) is 15.6. The second-order valence-corrected chi connectivity index (χ2v) is 6.18. The molecule has 0 radical (unpaired) electrons. The van der Waals surface area contributed by atoms with Crippen LogP contribution in [0.15, 0.2) is 22.7 Å². The Balaban J connectivity index is 2.24. The predicted molar refractivity (Wildman–Crippen MR) is 84.8 cm³/mol. The summed E-state index contributed by atoms with van der Waals surface area (Å²) in [6, 6.07) is 4.71. The number of benzene rings is 1. The van der Waals surface area contributed by atoms with Crippen LogP contribution in [0.5, 0.6) is 0 Å². The Morgan fingerprint density at radius 1 is 1.52 bits per heavy atom. The summed E-state index contributed by atoms with van der Waals surface area (Å²) in [4.78, 5) is 25.4. The number of anilines is 1. The molecule has 0 aromatic heterocycles. The average molecular weight is 376 g/mol. The van der Waals surface area contributed by atoms with Gasteiger partial charge in [-0.05, 0) is 47.3 Å². The average Bonchev–Trinajstić information content (AvgIpc) is 2.89. The number of hydrogen-bond donors (Lipinski definition) is 2. The number of carbonyl (C=O) groups is 2. The normalized spacial score (nSPS) is 21.4. The summed E-state index contributed by atoms with van der Waals surface area (Å²) in [6.07, 6.45) is 1.54. The Kier molecular flexibility index (Phi) is 4.78. The van der Waals surface area contributed by atoms with Crippen molar-refractivity contribution in [1.82, 2.24) is 4.90 Å². The highest BCUT2D eigenvalue weighted by Crippen LogP contribution is 2.35. The third-order valence-electron chi connectivity index (χ3n) is 3.91. The summed E-state index contributed by atoms with van der Waals surface area (Å²) in [5.74, 6) is -0.956. The van der Waals surface area contributed by atoms with Crippen molar-refractivity contribution < 1.29 is 14.7 Å². The highest BCUT2D eigenvalue weighted by molar-refractivity contribution is 9.10. The van der Waals surface area contributed by atoms with Crippen LogP contribution >= 0.6 is 27.5 Å². The highest BCUT2D eigenvalue weighted by atomic mass is 79.9. The molecule has 1 unspecified atom stereocenters. The lowest BCUT2D eigenvalue weighted by atomic mass is 9.93. The molecular formula is C14H16BrClN2O3. The van der Waals surface area contributed by atoms with Crippen molar-refractivity contribution in [2.45, 2.75) is 31.7 Å². The minimum Gasteiger partial charge on any atom is -0.479 e. The van der Waals surface area contributed by atoms with Gasteiger partial charge in [-0.3, -0.25) is 0 Å². The number of rotatable bonds is 3. The van der Waals surface area contributed by atoms with Gasteiger partial charge in [0.15, 0.2) is 0 Å². The van der Waals surface area contributed by atoms with E-state index in [4.69, 9.17) is 11.6 Å². The van der Waals surface area contributed by atoms with Crippen molar-refractivity contribution in [3.63, 3.8) is 0 Å². The summed E-state index contributed by atoms with van der Waals surface area (Å²) < 4.78 is 0.580. The quantitative estimate of drug-likeness (QED) is 0.840. The zero-order valence-electron chi connectivity index (χ0n) is 11.5. The molecule has 1 aromatic rings. The number of likely N-dealkylation sites (tertiary alicyclic amines) is 1. The van der Waals surface area contributed by atoms with Gasteiger partial charge in [0.1, 0.15) is 5.54 Å². The lowest BCUT2D eigenvalue weighted by molar-refractivity contribution is -0.148. The highest BCUT2D eigenvalue weighted by Gasteiger charge is 2.48. The fraction of sp³-hybridized carbons (Fsp3) is 0.429. The molecule has 2 rings (SSSR count). The molecule has 21 heavy (non-hydrogen) atoms. The molecule has 114 valence electrons. The van der Waals surface area contributed by atoms with Crippen LogP contribution in [0.2, 0.25) is 5.02 Å². The van der Waals surface area contributed by atoms with Crippen LogP contribution in [0.4, 0.5) is 10.5 Å². The summed E-state index contributed by atoms with van der Waals surface area (Å²) in [5.41, 5.74) is -0.593. The van der Waals surface area contributed by atoms with Gasteiger partial charge in [-0.15, -0.1) is 0 Å². The number of urea groups is 1. The molecule has 1 atom stereocenters.